The number of hydrogen-bond acceptors (Lipinski definition) is 4. The average Bonchev–Trinajstić information content (AvgIpc) is 2.70. The van der Waals surface area contributed by atoms with Crippen LogP contribution in [0.15, 0.2) is 59.5 Å². The van der Waals surface area contributed by atoms with Crippen molar-refractivity contribution in [1.82, 2.24) is 9.29 Å². The molecule has 1 fully saturated rings. The maximum absolute atomic E-state index is 12.1. The highest BCUT2D eigenvalue weighted by Crippen LogP contribution is 2.34. The van der Waals surface area contributed by atoms with Crippen molar-refractivity contribution >= 4 is 11.3 Å². The number of nitrogens with one attached hydrogen (secondary N) is 1. The molecule has 2 aromatic rings. The summed E-state index contributed by atoms with van der Waals surface area (Å²) in [6, 6.07) is 15.1. The van der Waals surface area contributed by atoms with Crippen LogP contribution in [0, 0.1) is 0 Å². The molecular weight excluding hydrogens is 364 g/mol. The van der Waals surface area contributed by atoms with Gasteiger partial charge >= 0.3 is 0 Å². The fraction of sp³-hybridized carbons (Fsp3) is 0.450. The van der Waals surface area contributed by atoms with E-state index >= 15 is 0 Å². The minimum Gasteiger partial charge on any atom is -0.760 e. The standard InChI is InChI=1S/C20H26N2O4S/c23-20-8-4-5-13-22(20)18(14-21-27(24)25)15-26-19-11-9-17(10-12-19)16-6-2-1-3-7-16/h1-8,13,17-19,21H,9-12,14-15H2,(H,24,25)/p-1. The Morgan fingerprint density at radius 3 is 2.48 bits per heavy atom. The smallest absolute Gasteiger partial charge is 0.250 e. The quantitative estimate of drug-likeness (QED) is 0.703. The molecule has 2 atom stereocenters. The lowest BCUT2D eigenvalue weighted by molar-refractivity contribution is 0.00735. The Labute approximate surface area is 162 Å². The minimum atomic E-state index is -2.37. The average molecular weight is 389 g/mol. The number of benzene rings is 1. The second-order valence-corrected chi connectivity index (χ2v) is 7.66. The molecule has 0 aliphatic heterocycles. The van der Waals surface area contributed by atoms with Crippen LogP contribution in [0.25, 0.3) is 0 Å². The molecule has 0 bridgehead atoms. The van der Waals surface area contributed by atoms with Crippen molar-refractivity contribution < 1.29 is 13.5 Å². The highest BCUT2D eigenvalue weighted by atomic mass is 32.2. The summed E-state index contributed by atoms with van der Waals surface area (Å²) in [5, 5.41) is 0. The highest BCUT2D eigenvalue weighted by molar-refractivity contribution is 7.77. The van der Waals surface area contributed by atoms with E-state index in [9.17, 15) is 13.6 Å². The van der Waals surface area contributed by atoms with Gasteiger partial charge in [-0.3, -0.25) is 9.00 Å². The maximum Gasteiger partial charge on any atom is 0.250 e. The van der Waals surface area contributed by atoms with Crippen LogP contribution in [0.1, 0.15) is 43.2 Å². The van der Waals surface area contributed by atoms with E-state index in [0.29, 0.717) is 12.5 Å². The van der Waals surface area contributed by atoms with Crippen LogP contribution >= 0.6 is 0 Å². The predicted molar refractivity (Wildman–Crippen MR) is 104 cm³/mol. The van der Waals surface area contributed by atoms with Crippen LogP contribution in [0.2, 0.25) is 0 Å². The first-order valence-corrected chi connectivity index (χ1v) is 10.4. The Balaban J connectivity index is 1.55. The van der Waals surface area contributed by atoms with Gasteiger partial charge in [0.1, 0.15) is 0 Å². The topological polar surface area (TPSA) is 83.4 Å². The van der Waals surface area contributed by atoms with Crippen molar-refractivity contribution in [3.63, 3.8) is 0 Å². The normalized spacial score (nSPS) is 22.3. The second kappa shape index (κ2) is 9.94. The third-order valence-electron chi connectivity index (χ3n) is 5.15. The number of aromatic nitrogens is 1. The molecule has 0 radical (unpaired) electrons. The first kappa shape index (κ1) is 19.9. The van der Waals surface area contributed by atoms with E-state index in [1.807, 2.05) is 6.07 Å². The Morgan fingerprint density at radius 2 is 1.81 bits per heavy atom. The largest absolute Gasteiger partial charge is 0.760 e. The molecular formula is C20H25N2O4S-. The van der Waals surface area contributed by atoms with E-state index in [2.05, 4.69) is 29.0 Å². The van der Waals surface area contributed by atoms with Gasteiger partial charge in [-0.1, -0.05) is 36.4 Å². The van der Waals surface area contributed by atoms with Crippen LogP contribution in [-0.2, 0) is 16.0 Å². The van der Waals surface area contributed by atoms with E-state index in [-0.39, 0.29) is 24.2 Å². The van der Waals surface area contributed by atoms with Gasteiger partial charge in [0.05, 0.1) is 18.8 Å². The third kappa shape index (κ3) is 5.84. The van der Waals surface area contributed by atoms with Crippen LogP contribution < -0.4 is 10.3 Å². The Bertz CT molecular complexity index is 788. The van der Waals surface area contributed by atoms with Crippen molar-refractivity contribution in [3.05, 3.63) is 70.6 Å². The van der Waals surface area contributed by atoms with Gasteiger partial charge in [-0.25, -0.2) is 4.72 Å². The molecule has 1 aliphatic carbocycles. The maximum atomic E-state index is 12.1. The van der Waals surface area contributed by atoms with Crippen LogP contribution in [0.3, 0.4) is 0 Å². The summed E-state index contributed by atoms with van der Waals surface area (Å²) in [5.41, 5.74) is 1.21. The molecule has 1 N–H and O–H groups in total. The van der Waals surface area contributed by atoms with Crippen molar-refractivity contribution in [3.8, 4) is 0 Å². The number of nitrogens with zero attached hydrogens (tertiary/aromatic N) is 1. The lowest BCUT2D eigenvalue weighted by Crippen LogP contribution is -2.36. The molecule has 2 unspecified atom stereocenters. The molecule has 1 heterocycles. The first-order chi connectivity index (χ1) is 13.1. The van der Waals surface area contributed by atoms with Crippen molar-refractivity contribution in [1.29, 1.82) is 0 Å². The zero-order valence-electron chi connectivity index (χ0n) is 15.2. The van der Waals surface area contributed by atoms with Gasteiger partial charge in [0, 0.05) is 30.1 Å². The number of ether oxygens (including phenoxy) is 1. The molecule has 1 aliphatic rings. The molecule has 27 heavy (non-hydrogen) atoms. The molecule has 1 aromatic heterocycles. The van der Waals surface area contributed by atoms with Crippen LogP contribution in [0.5, 0.6) is 0 Å². The van der Waals surface area contributed by atoms with Gasteiger partial charge in [-0.2, -0.15) is 0 Å². The monoisotopic (exact) mass is 389 g/mol. The summed E-state index contributed by atoms with van der Waals surface area (Å²) >= 11 is -2.37. The van der Waals surface area contributed by atoms with Crippen LogP contribution in [-0.4, -0.2) is 32.6 Å². The summed E-state index contributed by atoms with van der Waals surface area (Å²) in [6.07, 6.45) is 5.90. The second-order valence-electron chi connectivity index (χ2n) is 6.90. The lowest BCUT2D eigenvalue weighted by atomic mass is 9.83. The first-order valence-electron chi connectivity index (χ1n) is 9.30. The molecule has 7 heteroatoms. The van der Waals surface area contributed by atoms with E-state index in [1.54, 1.807) is 18.3 Å². The Hall–Kier alpha value is -1.80. The van der Waals surface area contributed by atoms with E-state index < -0.39 is 11.3 Å². The van der Waals surface area contributed by atoms with Gasteiger partial charge < -0.3 is 13.9 Å². The van der Waals surface area contributed by atoms with Gasteiger partial charge in [-0.15, -0.1) is 0 Å². The molecule has 6 nitrogen and oxygen atoms in total. The molecule has 146 valence electrons. The summed E-state index contributed by atoms with van der Waals surface area (Å²) in [5.74, 6) is 0.572. The summed E-state index contributed by atoms with van der Waals surface area (Å²) < 4.78 is 31.7. The lowest BCUT2D eigenvalue weighted by Gasteiger charge is -2.30. The van der Waals surface area contributed by atoms with Gasteiger partial charge in [0.15, 0.2) is 0 Å². The van der Waals surface area contributed by atoms with E-state index in [1.165, 1.54) is 16.2 Å². The SMILES string of the molecule is O=c1ccccn1C(CNS(=O)[O-])COC1CCC(c2ccccc2)CC1. The highest BCUT2D eigenvalue weighted by Gasteiger charge is 2.24. The summed E-state index contributed by atoms with van der Waals surface area (Å²) in [4.78, 5) is 12.1. The number of pyridine rings is 1. The number of hydrogen-bond donors (Lipinski definition) is 1. The van der Waals surface area contributed by atoms with Crippen molar-refractivity contribution in [2.24, 2.45) is 0 Å². The Morgan fingerprint density at radius 1 is 1.11 bits per heavy atom. The zero-order chi connectivity index (χ0) is 19.1. The number of rotatable bonds is 8. The molecule has 0 amide bonds. The molecule has 0 spiro atoms. The van der Waals surface area contributed by atoms with E-state index in [4.69, 9.17) is 4.74 Å². The minimum absolute atomic E-state index is 0.124. The van der Waals surface area contributed by atoms with Gasteiger partial charge in [0.25, 0.3) is 5.56 Å². The zero-order valence-corrected chi connectivity index (χ0v) is 16.0. The Kier molecular flexibility index (Phi) is 7.34. The van der Waals surface area contributed by atoms with Crippen molar-refractivity contribution in [2.45, 2.75) is 43.7 Å². The molecule has 0 saturated heterocycles. The predicted octanol–water partition coefficient (Wildman–Crippen LogP) is 2.52. The molecule has 1 saturated carbocycles. The van der Waals surface area contributed by atoms with Crippen molar-refractivity contribution in [2.75, 3.05) is 13.2 Å². The van der Waals surface area contributed by atoms with E-state index in [0.717, 1.165) is 25.7 Å². The van der Waals surface area contributed by atoms with Gasteiger partial charge in [-0.05, 0) is 43.2 Å². The van der Waals surface area contributed by atoms with Crippen LogP contribution in [0.4, 0.5) is 0 Å². The summed E-state index contributed by atoms with van der Waals surface area (Å²) in [6.45, 7) is 0.425. The summed E-state index contributed by atoms with van der Waals surface area (Å²) in [7, 11) is 0. The fourth-order valence-corrected chi connectivity index (χ4v) is 4.01. The molecule has 3 rings (SSSR count). The third-order valence-corrected chi connectivity index (χ3v) is 5.55. The fourth-order valence-electron chi connectivity index (χ4n) is 3.68. The van der Waals surface area contributed by atoms with Gasteiger partial charge in [0.2, 0.25) is 0 Å². The molecule has 1 aromatic carbocycles.